The van der Waals surface area contributed by atoms with E-state index in [0.29, 0.717) is 5.56 Å². The number of rotatable bonds is 4. The van der Waals surface area contributed by atoms with Gasteiger partial charge in [-0.15, -0.1) is 0 Å². The monoisotopic (exact) mass is 535 g/mol. The van der Waals surface area contributed by atoms with Gasteiger partial charge in [-0.2, -0.15) is 13.2 Å². The molecule has 0 unspecified atom stereocenters. The molecule has 5 atom stereocenters. The molecule has 0 bridgehead atoms. The Hall–Kier alpha value is -3.34. The van der Waals surface area contributed by atoms with Gasteiger partial charge in [-0.1, -0.05) is 54.1 Å². The third kappa shape index (κ3) is 3.43. The highest BCUT2D eigenvalue weighted by atomic mass is 35.5. The Morgan fingerprint density at radius 2 is 1.76 bits per heavy atom. The molecule has 2 aliphatic rings. The molecular formula is C26H21ClF3NO6. The van der Waals surface area contributed by atoms with Gasteiger partial charge in [-0.05, 0) is 23.3 Å². The fraction of sp³-hybridized carbons (Fsp3) is 0.308. The molecule has 5 rings (SSSR count). The summed E-state index contributed by atoms with van der Waals surface area (Å²) in [5.74, 6) is -3.51. The van der Waals surface area contributed by atoms with Crippen LogP contribution in [0.1, 0.15) is 28.2 Å². The van der Waals surface area contributed by atoms with Gasteiger partial charge in [0.1, 0.15) is 17.0 Å². The molecule has 1 aromatic heterocycles. The number of alkyl halides is 3. The summed E-state index contributed by atoms with van der Waals surface area (Å²) in [6.07, 6.45) is -6.46. The summed E-state index contributed by atoms with van der Waals surface area (Å²) in [6.45, 7) is 0. The van der Waals surface area contributed by atoms with Crippen LogP contribution in [0.3, 0.4) is 0 Å². The lowest BCUT2D eigenvalue weighted by atomic mass is 9.70. The Labute approximate surface area is 214 Å². The van der Waals surface area contributed by atoms with E-state index in [1.165, 1.54) is 13.2 Å². The van der Waals surface area contributed by atoms with Crippen molar-refractivity contribution in [3.05, 3.63) is 88.1 Å². The van der Waals surface area contributed by atoms with Gasteiger partial charge < -0.3 is 24.4 Å². The average Bonchev–Trinajstić information content (AvgIpc) is 3.25. The number of aliphatic hydroxyl groups is 2. The number of hydrogen-bond acceptors (Lipinski definition) is 7. The molecule has 0 amide bonds. The van der Waals surface area contributed by atoms with Crippen LogP contribution in [0.5, 0.6) is 11.6 Å². The predicted molar refractivity (Wildman–Crippen MR) is 124 cm³/mol. The van der Waals surface area contributed by atoms with Crippen LogP contribution in [-0.4, -0.2) is 41.5 Å². The molecule has 0 saturated heterocycles. The van der Waals surface area contributed by atoms with Crippen molar-refractivity contribution >= 4 is 17.6 Å². The molecule has 1 aliphatic carbocycles. The van der Waals surface area contributed by atoms with Crippen molar-refractivity contribution in [2.75, 3.05) is 14.2 Å². The minimum absolute atomic E-state index is 0.00236. The first-order chi connectivity index (χ1) is 17.5. The van der Waals surface area contributed by atoms with Gasteiger partial charge >= 0.3 is 12.1 Å². The van der Waals surface area contributed by atoms with Gasteiger partial charge in [0.25, 0.3) is 0 Å². The number of carbonyl (C=O) groups is 1. The molecular weight excluding hydrogens is 515 g/mol. The zero-order valence-corrected chi connectivity index (χ0v) is 20.2. The number of esters is 1. The van der Waals surface area contributed by atoms with Gasteiger partial charge in [0.15, 0.2) is 11.2 Å². The number of carbonyl (C=O) groups excluding carboxylic acids is 1. The Morgan fingerprint density at radius 3 is 2.32 bits per heavy atom. The largest absolute Gasteiger partial charge is 0.481 e. The highest BCUT2D eigenvalue weighted by Gasteiger charge is 2.78. The van der Waals surface area contributed by atoms with Gasteiger partial charge in [-0.3, -0.25) is 4.79 Å². The van der Waals surface area contributed by atoms with Crippen molar-refractivity contribution < 1.29 is 42.4 Å². The van der Waals surface area contributed by atoms with E-state index in [9.17, 15) is 28.2 Å². The maximum atomic E-state index is 13.4. The number of pyridine rings is 1. The SMILES string of the molecule is COC(=O)[C@H]1[C@@H](O)[C@@]2(O)c3c(cc(Cl)nc3OC)O[C@@]2(c2ccc(C(F)(F)F)cc2)[C@@H]1c1ccccc1. The Bertz CT molecular complexity index is 1350. The number of aromatic nitrogens is 1. The second-order valence-corrected chi connectivity index (χ2v) is 9.28. The normalized spacial score (nSPS) is 28.3. The van der Waals surface area contributed by atoms with E-state index >= 15 is 0 Å². The van der Waals surface area contributed by atoms with Crippen molar-refractivity contribution in [3.63, 3.8) is 0 Å². The third-order valence-electron chi connectivity index (χ3n) is 7.17. The fourth-order valence-corrected chi connectivity index (χ4v) is 5.89. The summed E-state index contributed by atoms with van der Waals surface area (Å²) in [5.41, 5.74) is -4.87. The molecule has 7 nitrogen and oxygen atoms in total. The topological polar surface area (TPSA) is 98.1 Å². The molecule has 1 saturated carbocycles. The van der Waals surface area contributed by atoms with Gasteiger partial charge in [0.2, 0.25) is 5.88 Å². The number of benzene rings is 2. The second-order valence-electron chi connectivity index (χ2n) is 8.89. The van der Waals surface area contributed by atoms with Crippen LogP contribution in [0.4, 0.5) is 13.2 Å². The molecule has 37 heavy (non-hydrogen) atoms. The fourth-order valence-electron chi connectivity index (χ4n) is 5.72. The molecule has 194 valence electrons. The van der Waals surface area contributed by atoms with E-state index in [2.05, 4.69) is 4.98 Å². The lowest BCUT2D eigenvalue weighted by Crippen LogP contribution is -2.52. The van der Waals surface area contributed by atoms with E-state index in [1.54, 1.807) is 30.3 Å². The maximum absolute atomic E-state index is 13.4. The molecule has 3 aromatic rings. The zero-order valence-electron chi connectivity index (χ0n) is 19.5. The molecule has 11 heteroatoms. The van der Waals surface area contributed by atoms with E-state index in [0.717, 1.165) is 31.4 Å². The summed E-state index contributed by atoms with van der Waals surface area (Å²) in [6, 6.07) is 13.8. The zero-order chi connectivity index (χ0) is 26.8. The van der Waals surface area contributed by atoms with Crippen LogP contribution in [0, 0.1) is 5.92 Å². The number of halogens is 4. The van der Waals surface area contributed by atoms with Crippen LogP contribution in [0.15, 0.2) is 60.7 Å². The standard InChI is InChI=1S/C26H21ClF3NO6/c1-35-22-20-16(12-17(27)31-22)37-25(14-8-10-15(11-9-14)26(28,29)30)19(13-6-4-3-5-7-13)18(23(33)36-2)21(32)24(20,25)34/h3-12,18-19,21,32,34H,1-2H3/t18-,19-,21-,24+,25+/m1/s1. The lowest BCUT2D eigenvalue weighted by Gasteiger charge is -2.40. The Morgan fingerprint density at radius 1 is 1.11 bits per heavy atom. The average molecular weight is 536 g/mol. The first-order valence-electron chi connectivity index (χ1n) is 11.2. The first kappa shape index (κ1) is 25.3. The summed E-state index contributed by atoms with van der Waals surface area (Å²) in [4.78, 5) is 17.2. The first-order valence-corrected chi connectivity index (χ1v) is 11.5. The summed E-state index contributed by atoms with van der Waals surface area (Å²) < 4.78 is 56.9. The van der Waals surface area contributed by atoms with E-state index in [-0.39, 0.29) is 27.9 Å². The number of aliphatic hydroxyl groups excluding tert-OH is 1. The molecule has 0 radical (unpaired) electrons. The van der Waals surface area contributed by atoms with E-state index < -0.39 is 46.9 Å². The van der Waals surface area contributed by atoms with Gasteiger partial charge in [0, 0.05) is 12.0 Å². The van der Waals surface area contributed by atoms with Crippen molar-refractivity contribution in [2.24, 2.45) is 5.92 Å². The third-order valence-corrected chi connectivity index (χ3v) is 7.36. The summed E-state index contributed by atoms with van der Waals surface area (Å²) in [5, 5.41) is 24.1. The van der Waals surface area contributed by atoms with Crippen LogP contribution < -0.4 is 9.47 Å². The minimum atomic E-state index is -4.62. The molecule has 2 heterocycles. The molecule has 2 aromatic carbocycles. The quantitative estimate of drug-likeness (QED) is 0.382. The maximum Gasteiger partial charge on any atom is 0.416 e. The highest BCUT2D eigenvalue weighted by Crippen LogP contribution is 2.70. The van der Waals surface area contributed by atoms with Crippen molar-refractivity contribution in [2.45, 2.75) is 29.4 Å². The second kappa shape index (κ2) is 8.61. The molecule has 1 fully saturated rings. The predicted octanol–water partition coefficient (Wildman–Crippen LogP) is 4.19. The smallest absolute Gasteiger partial charge is 0.416 e. The highest BCUT2D eigenvalue weighted by molar-refractivity contribution is 6.29. The summed E-state index contributed by atoms with van der Waals surface area (Å²) >= 11 is 6.15. The Kier molecular flexibility index (Phi) is 5.89. The number of nitrogens with zero attached hydrogens (tertiary/aromatic N) is 1. The van der Waals surface area contributed by atoms with E-state index in [4.69, 9.17) is 25.8 Å². The number of hydrogen-bond donors (Lipinski definition) is 2. The van der Waals surface area contributed by atoms with Crippen molar-refractivity contribution in [1.82, 2.24) is 4.98 Å². The number of ether oxygens (including phenoxy) is 3. The van der Waals surface area contributed by atoms with Gasteiger partial charge in [-0.25, -0.2) is 4.98 Å². The minimum Gasteiger partial charge on any atom is -0.481 e. The molecule has 1 aliphatic heterocycles. The van der Waals surface area contributed by atoms with Crippen LogP contribution >= 0.6 is 11.6 Å². The number of fused-ring (bicyclic) bond motifs is 3. The lowest BCUT2D eigenvalue weighted by molar-refractivity contribution is -0.161. The van der Waals surface area contributed by atoms with Crippen molar-refractivity contribution in [3.8, 4) is 11.6 Å². The van der Waals surface area contributed by atoms with E-state index in [1.807, 2.05) is 0 Å². The van der Waals surface area contributed by atoms with Crippen molar-refractivity contribution in [1.29, 1.82) is 0 Å². The Balaban J connectivity index is 1.87. The van der Waals surface area contributed by atoms with Crippen LogP contribution in [-0.2, 0) is 26.9 Å². The van der Waals surface area contributed by atoms with Gasteiger partial charge in [0.05, 0.1) is 31.3 Å². The summed E-state index contributed by atoms with van der Waals surface area (Å²) in [7, 11) is 2.41. The van der Waals surface area contributed by atoms with Crippen LogP contribution in [0.2, 0.25) is 5.15 Å². The molecule has 2 N–H and O–H groups in total. The number of methoxy groups -OCH3 is 2. The molecule has 0 spiro atoms. The van der Waals surface area contributed by atoms with Crippen LogP contribution in [0.25, 0.3) is 0 Å².